The number of methoxy groups -OCH3 is 1. The number of benzene rings is 1. The summed E-state index contributed by atoms with van der Waals surface area (Å²) in [5, 5.41) is 1.32. The molecule has 1 aliphatic heterocycles. The Kier molecular flexibility index (Phi) is 5.47. The Bertz CT molecular complexity index is 1000. The molecule has 1 amide bonds. The summed E-state index contributed by atoms with van der Waals surface area (Å²) in [5.74, 6) is -1.59. The molecule has 3 rings (SSSR count). The first kappa shape index (κ1) is 20.2. The van der Waals surface area contributed by atoms with Crippen molar-refractivity contribution < 1.29 is 19.1 Å². The molecule has 3 N–H and O–H groups in total. The van der Waals surface area contributed by atoms with Crippen molar-refractivity contribution in [2.24, 2.45) is 5.73 Å². The number of ketones is 1. The van der Waals surface area contributed by atoms with Gasteiger partial charge >= 0.3 is 5.97 Å². The van der Waals surface area contributed by atoms with Crippen LogP contribution in [0.1, 0.15) is 35.3 Å². The maximum atomic E-state index is 13.4. The first-order chi connectivity index (χ1) is 13.9. The highest BCUT2D eigenvalue weighted by atomic mass is 16.5. The largest absolute Gasteiger partial charge is 0.465 e. The van der Waals surface area contributed by atoms with Gasteiger partial charge in [0.2, 0.25) is 0 Å². The number of carbonyl (C=O) groups excluding carboxylic acids is 3. The number of pyridine rings is 1. The normalized spacial score (nSPS) is 19.0. The van der Waals surface area contributed by atoms with Crippen LogP contribution >= 0.6 is 0 Å². The smallest absolute Gasteiger partial charge is 0.338 e. The second-order valence-electron chi connectivity index (χ2n) is 6.55. The maximum Gasteiger partial charge on any atom is 0.338 e. The van der Waals surface area contributed by atoms with Crippen molar-refractivity contribution in [3.63, 3.8) is 0 Å². The first-order valence-electron chi connectivity index (χ1n) is 9.07. The van der Waals surface area contributed by atoms with Gasteiger partial charge in [0.05, 0.1) is 23.9 Å². The van der Waals surface area contributed by atoms with E-state index >= 15 is 0 Å². The van der Waals surface area contributed by atoms with Gasteiger partial charge in [-0.05, 0) is 32.0 Å². The summed E-state index contributed by atoms with van der Waals surface area (Å²) in [6.45, 7) is 3.40. The van der Waals surface area contributed by atoms with E-state index in [0.717, 1.165) is 0 Å². The number of ether oxygens (including phenoxy) is 1. The van der Waals surface area contributed by atoms with E-state index in [1.165, 1.54) is 25.1 Å². The number of nitrogens with one attached hydrogen (secondary N) is 1. The Balaban J connectivity index is 2.39. The molecule has 0 saturated carbocycles. The van der Waals surface area contributed by atoms with Crippen LogP contribution in [-0.4, -0.2) is 41.3 Å². The highest BCUT2D eigenvalue weighted by Gasteiger charge is 2.51. The lowest BCUT2D eigenvalue weighted by Gasteiger charge is -2.42. The standard InChI is InChI=1S/C21H22N4O4/c1-4-25-20(28)21(22,16-10-6-5-9-15(16)19(27)29-3)17(13(2)26)18(24-25)14-8-7-11-23-12-14/h5-12,24H,4,22H2,1-3H3. The molecule has 2 heterocycles. The number of likely N-dealkylation sites (N-methyl/N-ethyl adjacent to an activating group) is 1. The lowest BCUT2D eigenvalue weighted by atomic mass is 9.75. The Labute approximate surface area is 168 Å². The molecule has 0 bridgehead atoms. The third-order valence-corrected chi connectivity index (χ3v) is 4.85. The van der Waals surface area contributed by atoms with Crippen LogP contribution in [0.3, 0.4) is 0 Å². The highest BCUT2D eigenvalue weighted by molar-refractivity contribution is 6.13. The summed E-state index contributed by atoms with van der Waals surface area (Å²) in [6, 6.07) is 9.85. The minimum Gasteiger partial charge on any atom is -0.465 e. The number of carbonyl (C=O) groups is 3. The highest BCUT2D eigenvalue weighted by Crippen LogP contribution is 2.38. The Morgan fingerprint density at radius 1 is 1.24 bits per heavy atom. The number of rotatable bonds is 5. The Morgan fingerprint density at radius 3 is 2.55 bits per heavy atom. The predicted octanol–water partition coefficient (Wildman–Crippen LogP) is 1.39. The van der Waals surface area contributed by atoms with Crippen LogP contribution in [0.4, 0.5) is 0 Å². The van der Waals surface area contributed by atoms with Crippen LogP contribution in [0.2, 0.25) is 0 Å². The summed E-state index contributed by atoms with van der Waals surface area (Å²) in [5.41, 5.74) is 9.16. The molecule has 0 radical (unpaired) electrons. The monoisotopic (exact) mass is 394 g/mol. The number of esters is 1. The minimum absolute atomic E-state index is 0.0524. The van der Waals surface area contributed by atoms with Crippen LogP contribution in [0.5, 0.6) is 0 Å². The SMILES string of the molecule is CCN1NC(c2cccnc2)=C(C(C)=O)C(N)(c2ccccc2C(=O)OC)C1=O. The molecule has 8 nitrogen and oxygen atoms in total. The maximum absolute atomic E-state index is 13.4. The molecule has 1 aliphatic rings. The number of amides is 1. The van der Waals surface area contributed by atoms with E-state index in [-0.39, 0.29) is 23.2 Å². The summed E-state index contributed by atoms with van der Waals surface area (Å²) < 4.78 is 4.86. The fourth-order valence-corrected chi connectivity index (χ4v) is 3.52. The minimum atomic E-state index is -1.89. The van der Waals surface area contributed by atoms with Crippen molar-refractivity contribution in [2.75, 3.05) is 13.7 Å². The fourth-order valence-electron chi connectivity index (χ4n) is 3.52. The average Bonchev–Trinajstić information content (AvgIpc) is 2.75. The van der Waals surface area contributed by atoms with Gasteiger partial charge in [0.15, 0.2) is 11.3 Å². The molecule has 1 atom stereocenters. The van der Waals surface area contributed by atoms with E-state index in [0.29, 0.717) is 11.3 Å². The predicted molar refractivity (Wildman–Crippen MR) is 106 cm³/mol. The lowest BCUT2D eigenvalue weighted by Crippen LogP contribution is -2.63. The number of hydrogen-bond donors (Lipinski definition) is 2. The Hall–Kier alpha value is -3.52. The topological polar surface area (TPSA) is 115 Å². The van der Waals surface area contributed by atoms with Gasteiger partial charge in [0, 0.05) is 30.1 Å². The molecular weight excluding hydrogens is 372 g/mol. The van der Waals surface area contributed by atoms with E-state index in [2.05, 4.69) is 10.4 Å². The quantitative estimate of drug-likeness (QED) is 0.737. The molecule has 0 fully saturated rings. The molecule has 0 spiro atoms. The third-order valence-electron chi connectivity index (χ3n) is 4.85. The number of Topliss-reactive ketones (excluding diaryl/α,β-unsaturated/α-hetero) is 1. The van der Waals surface area contributed by atoms with Crippen LogP contribution in [0.15, 0.2) is 54.4 Å². The number of aromatic nitrogens is 1. The second kappa shape index (κ2) is 7.84. The molecule has 150 valence electrons. The van der Waals surface area contributed by atoms with Crippen LogP contribution in [0.25, 0.3) is 5.70 Å². The molecule has 8 heteroatoms. The molecule has 0 aliphatic carbocycles. The van der Waals surface area contributed by atoms with Crippen LogP contribution < -0.4 is 11.2 Å². The zero-order valence-corrected chi connectivity index (χ0v) is 16.4. The lowest BCUT2D eigenvalue weighted by molar-refractivity contribution is -0.140. The van der Waals surface area contributed by atoms with Crippen molar-refractivity contribution in [1.29, 1.82) is 0 Å². The van der Waals surface area contributed by atoms with E-state index in [1.807, 2.05) is 0 Å². The number of hydrazine groups is 1. The van der Waals surface area contributed by atoms with Gasteiger partial charge < -0.3 is 10.5 Å². The van der Waals surface area contributed by atoms with Crippen molar-refractivity contribution >= 4 is 23.4 Å². The zero-order chi connectivity index (χ0) is 21.2. The summed E-state index contributed by atoms with van der Waals surface area (Å²) in [6.07, 6.45) is 3.17. The number of nitrogens with two attached hydrogens (primary N) is 1. The van der Waals surface area contributed by atoms with Gasteiger partial charge in [-0.15, -0.1) is 0 Å². The van der Waals surface area contributed by atoms with E-state index in [4.69, 9.17) is 10.5 Å². The second-order valence-corrected chi connectivity index (χ2v) is 6.55. The van der Waals surface area contributed by atoms with Crippen molar-refractivity contribution in [1.82, 2.24) is 15.4 Å². The van der Waals surface area contributed by atoms with Crippen LogP contribution in [0, 0.1) is 0 Å². The molecule has 29 heavy (non-hydrogen) atoms. The van der Waals surface area contributed by atoms with E-state index in [1.54, 1.807) is 49.6 Å². The van der Waals surface area contributed by atoms with Gasteiger partial charge in [-0.3, -0.25) is 25.0 Å². The molecule has 0 saturated heterocycles. The van der Waals surface area contributed by atoms with Gasteiger partial charge in [-0.1, -0.05) is 18.2 Å². The number of hydrogen-bond acceptors (Lipinski definition) is 7. The fraction of sp³-hybridized carbons (Fsp3) is 0.238. The van der Waals surface area contributed by atoms with E-state index in [9.17, 15) is 14.4 Å². The summed E-state index contributed by atoms with van der Waals surface area (Å²) in [7, 11) is 1.24. The van der Waals surface area contributed by atoms with Gasteiger partial charge in [0.25, 0.3) is 5.91 Å². The average molecular weight is 394 g/mol. The molecule has 2 aromatic rings. The molecule has 1 aromatic carbocycles. The molecule has 1 unspecified atom stereocenters. The zero-order valence-electron chi connectivity index (χ0n) is 16.4. The molecule has 1 aromatic heterocycles. The summed E-state index contributed by atoms with van der Waals surface area (Å²) in [4.78, 5) is 42.7. The third kappa shape index (κ3) is 3.27. The van der Waals surface area contributed by atoms with Crippen molar-refractivity contribution in [2.45, 2.75) is 19.4 Å². The van der Waals surface area contributed by atoms with Gasteiger partial charge in [-0.25, -0.2) is 4.79 Å². The van der Waals surface area contributed by atoms with E-state index < -0.39 is 23.2 Å². The molecular formula is C21H22N4O4. The number of nitrogens with zero attached hydrogens (tertiary/aromatic N) is 2. The van der Waals surface area contributed by atoms with Crippen LogP contribution in [-0.2, 0) is 19.9 Å². The van der Waals surface area contributed by atoms with Gasteiger partial charge in [0.1, 0.15) is 0 Å². The Morgan fingerprint density at radius 2 is 1.97 bits per heavy atom. The first-order valence-corrected chi connectivity index (χ1v) is 9.07. The van der Waals surface area contributed by atoms with Gasteiger partial charge in [-0.2, -0.15) is 0 Å². The van der Waals surface area contributed by atoms with Crippen molar-refractivity contribution in [3.05, 3.63) is 71.1 Å². The van der Waals surface area contributed by atoms with Crippen molar-refractivity contribution in [3.8, 4) is 0 Å². The summed E-state index contributed by atoms with van der Waals surface area (Å²) >= 11 is 0.